The van der Waals surface area contributed by atoms with Crippen LogP contribution in [0.2, 0.25) is 0 Å². The second kappa shape index (κ2) is 3.63. The lowest BCUT2D eigenvalue weighted by atomic mass is 10.1. The normalized spacial score (nSPS) is 34.5. The first-order chi connectivity index (χ1) is 7.36. The Kier molecular flexibility index (Phi) is 2.27. The Labute approximate surface area is 88.1 Å². The van der Waals surface area contributed by atoms with Crippen molar-refractivity contribution in [2.24, 2.45) is 5.92 Å². The van der Waals surface area contributed by atoms with Crippen molar-refractivity contribution in [3.8, 4) is 0 Å². The van der Waals surface area contributed by atoms with Gasteiger partial charge in [-0.3, -0.25) is 0 Å². The highest BCUT2D eigenvalue weighted by molar-refractivity contribution is 4.98. The summed E-state index contributed by atoms with van der Waals surface area (Å²) in [6, 6.07) is 3.83. The van der Waals surface area contributed by atoms with Crippen LogP contribution in [0.15, 0.2) is 22.8 Å². The number of furan rings is 1. The highest BCUT2D eigenvalue weighted by Gasteiger charge is 2.44. The van der Waals surface area contributed by atoms with Crippen LogP contribution in [0.3, 0.4) is 0 Å². The van der Waals surface area contributed by atoms with Crippen molar-refractivity contribution >= 4 is 0 Å². The maximum Gasteiger partial charge on any atom is 0.283 e. The first kappa shape index (κ1) is 9.39. The van der Waals surface area contributed by atoms with Gasteiger partial charge in [0, 0.05) is 18.8 Å². The molecular formula is C11H14O4. The lowest BCUT2D eigenvalue weighted by Crippen LogP contribution is -2.54. The number of aryl methyl sites for hydroxylation is 1. The van der Waals surface area contributed by atoms with Gasteiger partial charge >= 0.3 is 0 Å². The van der Waals surface area contributed by atoms with Crippen LogP contribution in [-0.4, -0.2) is 25.8 Å². The average molecular weight is 210 g/mol. The van der Waals surface area contributed by atoms with Gasteiger partial charge in [-0.05, 0) is 12.1 Å². The molecule has 3 saturated heterocycles. The van der Waals surface area contributed by atoms with Crippen LogP contribution in [0, 0.1) is 5.92 Å². The van der Waals surface area contributed by atoms with Crippen molar-refractivity contribution < 1.29 is 18.6 Å². The van der Waals surface area contributed by atoms with E-state index in [0.29, 0.717) is 12.3 Å². The summed E-state index contributed by atoms with van der Waals surface area (Å²) in [4.78, 5) is 0. The van der Waals surface area contributed by atoms with Gasteiger partial charge in [-0.2, -0.15) is 0 Å². The molecule has 0 unspecified atom stereocenters. The summed E-state index contributed by atoms with van der Waals surface area (Å²) in [5.41, 5.74) is 0. The summed E-state index contributed by atoms with van der Waals surface area (Å²) in [5.74, 6) is 0.546. The van der Waals surface area contributed by atoms with E-state index in [1.165, 1.54) is 0 Å². The summed E-state index contributed by atoms with van der Waals surface area (Å²) in [6.45, 7) is 2.24. The van der Waals surface area contributed by atoms with Crippen LogP contribution in [0.5, 0.6) is 0 Å². The number of hydrogen-bond acceptors (Lipinski definition) is 4. The van der Waals surface area contributed by atoms with E-state index < -0.39 is 5.97 Å². The van der Waals surface area contributed by atoms with E-state index in [1.54, 1.807) is 6.26 Å². The molecule has 0 saturated carbocycles. The molecule has 0 aliphatic carbocycles. The molecule has 1 aromatic heterocycles. The molecule has 2 bridgehead atoms. The van der Waals surface area contributed by atoms with E-state index in [-0.39, 0.29) is 0 Å². The third-order valence-electron chi connectivity index (χ3n) is 2.87. The van der Waals surface area contributed by atoms with Crippen molar-refractivity contribution in [1.82, 2.24) is 0 Å². The molecule has 0 aromatic carbocycles. The Balaban J connectivity index is 1.62. The average Bonchev–Trinajstić information content (AvgIpc) is 2.82. The molecule has 15 heavy (non-hydrogen) atoms. The molecule has 4 heteroatoms. The van der Waals surface area contributed by atoms with Gasteiger partial charge in [-0.15, -0.1) is 0 Å². The number of ether oxygens (including phenoxy) is 3. The number of fused-ring (bicyclic) bond motifs is 3. The Morgan fingerprint density at radius 3 is 2.53 bits per heavy atom. The zero-order chi connectivity index (χ0) is 10.1. The van der Waals surface area contributed by atoms with Crippen LogP contribution >= 0.6 is 0 Å². The zero-order valence-corrected chi connectivity index (χ0v) is 8.48. The fourth-order valence-electron chi connectivity index (χ4n) is 1.95. The molecule has 0 amide bonds. The molecule has 4 heterocycles. The molecule has 0 radical (unpaired) electrons. The molecule has 3 aliphatic heterocycles. The van der Waals surface area contributed by atoms with Gasteiger partial charge in [0.2, 0.25) is 0 Å². The lowest BCUT2D eigenvalue weighted by Gasteiger charge is -2.45. The Morgan fingerprint density at radius 2 is 1.93 bits per heavy atom. The minimum Gasteiger partial charge on any atom is -0.469 e. The highest BCUT2D eigenvalue weighted by atomic mass is 16.9. The Hall–Kier alpha value is -0.840. The summed E-state index contributed by atoms with van der Waals surface area (Å²) >= 11 is 0. The van der Waals surface area contributed by atoms with Crippen LogP contribution in [0.4, 0.5) is 0 Å². The SMILES string of the molecule is c1coc(CCC23OCC(CO2)CO3)c1. The van der Waals surface area contributed by atoms with Crippen LogP contribution < -0.4 is 0 Å². The lowest BCUT2D eigenvalue weighted by molar-refractivity contribution is -0.449. The molecule has 0 N–H and O–H groups in total. The van der Waals surface area contributed by atoms with Crippen LogP contribution in [-0.2, 0) is 20.6 Å². The van der Waals surface area contributed by atoms with Crippen molar-refractivity contribution in [3.05, 3.63) is 24.2 Å². The Bertz CT molecular complexity index is 298. The first-order valence-electron chi connectivity index (χ1n) is 5.31. The highest BCUT2D eigenvalue weighted by Crippen LogP contribution is 2.33. The van der Waals surface area contributed by atoms with E-state index in [2.05, 4.69) is 0 Å². The maximum absolute atomic E-state index is 5.58. The summed E-state index contributed by atoms with van der Waals surface area (Å²) in [7, 11) is 0. The largest absolute Gasteiger partial charge is 0.469 e. The van der Waals surface area contributed by atoms with E-state index in [9.17, 15) is 0 Å². The predicted molar refractivity (Wildman–Crippen MR) is 51.1 cm³/mol. The number of rotatable bonds is 3. The molecular weight excluding hydrogens is 196 g/mol. The molecule has 0 atom stereocenters. The van der Waals surface area contributed by atoms with Crippen molar-refractivity contribution in [2.45, 2.75) is 18.8 Å². The van der Waals surface area contributed by atoms with E-state index in [4.69, 9.17) is 18.6 Å². The predicted octanol–water partition coefficient (Wildman–Crippen LogP) is 1.56. The fourth-order valence-corrected chi connectivity index (χ4v) is 1.95. The maximum atomic E-state index is 5.58. The van der Waals surface area contributed by atoms with Crippen molar-refractivity contribution in [1.29, 1.82) is 0 Å². The second-order valence-electron chi connectivity index (χ2n) is 4.06. The van der Waals surface area contributed by atoms with Crippen LogP contribution in [0.25, 0.3) is 0 Å². The summed E-state index contributed by atoms with van der Waals surface area (Å²) in [5, 5.41) is 0. The second-order valence-corrected chi connectivity index (χ2v) is 4.06. The quantitative estimate of drug-likeness (QED) is 0.759. The molecule has 82 valence electrons. The van der Waals surface area contributed by atoms with Gasteiger partial charge < -0.3 is 18.6 Å². The molecule has 0 spiro atoms. The first-order valence-corrected chi connectivity index (χ1v) is 5.31. The molecule has 4 rings (SSSR count). The van der Waals surface area contributed by atoms with E-state index in [1.807, 2.05) is 12.1 Å². The minimum atomic E-state index is -0.804. The fraction of sp³-hybridized carbons (Fsp3) is 0.636. The van der Waals surface area contributed by atoms with Gasteiger partial charge in [0.05, 0.1) is 26.1 Å². The van der Waals surface area contributed by atoms with Gasteiger partial charge in [0.1, 0.15) is 5.76 Å². The monoisotopic (exact) mass is 210 g/mol. The molecule has 3 aliphatic rings. The van der Waals surface area contributed by atoms with Crippen molar-refractivity contribution in [3.63, 3.8) is 0 Å². The van der Waals surface area contributed by atoms with Crippen LogP contribution in [0.1, 0.15) is 12.2 Å². The summed E-state index contributed by atoms with van der Waals surface area (Å²) < 4.78 is 22.0. The van der Waals surface area contributed by atoms with E-state index in [0.717, 1.165) is 32.0 Å². The Morgan fingerprint density at radius 1 is 1.20 bits per heavy atom. The molecule has 1 aromatic rings. The summed E-state index contributed by atoms with van der Waals surface area (Å²) in [6.07, 6.45) is 3.14. The topological polar surface area (TPSA) is 40.8 Å². The third kappa shape index (κ3) is 1.80. The van der Waals surface area contributed by atoms with E-state index >= 15 is 0 Å². The smallest absolute Gasteiger partial charge is 0.283 e. The van der Waals surface area contributed by atoms with Crippen molar-refractivity contribution in [2.75, 3.05) is 19.8 Å². The van der Waals surface area contributed by atoms with Gasteiger partial charge in [-0.1, -0.05) is 0 Å². The van der Waals surface area contributed by atoms with Gasteiger partial charge in [-0.25, -0.2) is 0 Å². The molecule has 4 nitrogen and oxygen atoms in total. The zero-order valence-electron chi connectivity index (χ0n) is 8.48. The minimum absolute atomic E-state index is 0.412. The van der Waals surface area contributed by atoms with Gasteiger partial charge in [0.15, 0.2) is 0 Å². The third-order valence-corrected chi connectivity index (χ3v) is 2.87. The van der Waals surface area contributed by atoms with Gasteiger partial charge in [0.25, 0.3) is 5.97 Å². The standard InChI is InChI=1S/C11H14O4/c1-2-10(12-5-1)3-4-11-13-6-9(7-14-11)8-15-11/h1-2,5,9H,3-4,6-8H2. The molecule has 3 fully saturated rings. The number of hydrogen-bond donors (Lipinski definition) is 0.